The number of carbonyl (C=O) groups excluding carboxylic acids is 2. The van der Waals surface area contributed by atoms with Crippen molar-refractivity contribution in [2.45, 2.75) is 25.9 Å². The summed E-state index contributed by atoms with van der Waals surface area (Å²) in [5, 5.41) is 7.00. The third-order valence-corrected chi connectivity index (χ3v) is 4.19. The molecule has 1 amide bonds. The van der Waals surface area contributed by atoms with E-state index in [1.165, 1.54) is 10.9 Å². The zero-order valence-corrected chi connectivity index (χ0v) is 14.6. The maximum atomic E-state index is 12.2. The number of aromatic nitrogens is 2. The van der Waals surface area contributed by atoms with Gasteiger partial charge in [0.25, 0.3) is 5.91 Å². The normalized spacial score (nSPS) is 16.4. The van der Waals surface area contributed by atoms with Crippen LogP contribution in [0.4, 0.5) is 5.82 Å². The van der Waals surface area contributed by atoms with E-state index in [9.17, 15) is 9.59 Å². The van der Waals surface area contributed by atoms with Gasteiger partial charge in [-0.05, 0) is 44.0 Å². The number of anilines is 1. The van der Waals surface area contributed by atoms with E-state index >= 15 is 0 Å². The summed E-state index contributed by atoms with van der Waals surface area (Å²) in [4.78, 5) is 24.0. The van der Waals surface area contributed by atoms with Crippen LogP contribution in [-0.2, 0) is 9.47 Å². The first kappa shape index (κ1) is 17.9. The molecule has 8 heteroatoms. The molecule has 1 unspecified atom stereocenters. The lowest BCUT2D eigenvalue weighted by Gasteiger charge is -2.11. The monoisotopic (exact) mass is 358 g/mol. The maximum Gasteiger partial charge on any atom is 0.343 e. The Morgan fingerprint density at radius 2 is 2.15 bits per heavy atom. The highest BCUT2D eigenvalue weighted by Gasteiger charge is 2.18. The van der Waals surface area contributed by atoms with Crippen LogP contribution in [0, 0.1) is 0 Å². The first-order valence-corrected chi connectivity index (χ1v) is 8.61. The predicted octanol–water partition coefficient (Wildman–Crippen LogP) is 1.54. The second kappa shape index (κ2) is 8.01. The zero-order chi connectivity index (χ0) is 18.5. The minimum atomic E-state index is -0.513. The van der Waals surface area contributed by atoms with Crippen molar-refractivity contribution in [2.24, 2.45) is 0 Å². The molecule has 1 aliphatic heterocycles. The summed E-state index contributed by atoms with van der Waals surface area (Å²) >= 11 is 0. The lowest BCUT2D eigenvalue weighted by Crippen LogP contribution is -2.31. The highest BCUT2D eigenvalue weighted by molar-refractivity contribution is 5.95. The first-order chi connectivity index (χ1) is 12.6. The van der Waals surface area contributed by atoms with Crippen LogP contribution in [0.3, 0.4) is 0 Å². The van der Waals surface area contributed by atoms with Crippen LogP contribution in [-0.4, -0.2) is 47.5 Å². The lowest BCUT2D eigenvalue weighted by atomic mass is 10.2. The number of amides is 1. The molecule has 1 aromatic heterocycles. The number of nitrogens with two attached hydrogens (primary N) is 1. The Morgan fingerprint density at radius 3 is 2.81 bits per heavy atom. The Kier molecular flexibility index (Phi) is 5.52. The SMILES string of the molecule is CCOC(=O)c1cnn(-c2ccc(C(=O)NCC3CCCO3)cc2)c1N. The first-order valence-electron chi connectivity index (χ1n) is 8.61. The van der Waals surface area contributed by atoms with E-state index in [1.54, 1.807) is 31.2 Å². The number of benzene rings is 1. The molecular weight excluding hydrogens is 336 g/mol. The van der Waals surface area contributed by atoms with Crippen LogP contribution >= 0.6 is 0 Å². The topological polar surface area (TPSA) is 108 Å². The molecule has 1 aliphatic rings. The largest absolute Gasteiger partial charge is 0.462 e. The quantitative estimate of drug-likeness (QED) is 0.758. The van der Waals surface area contributed by atoms with E-state index in [-0.39, 0.29) is 30.0 Å². The van der Waals surface area contributed by atoms with Gasteiger partial charge in [-0.15, -0.1) is 0 Å². The van der Waals surface area contributed by atoms with Gasteiger partial charge in [0.1, 0.15) is 11.4 Å². The van der Waals surface area contributed by atoms with Gasteiger partial charge in [0.15, 0.2) is 0 Å². The molecule has 0 bridgehead atoms. The number of carbonyl (C=O) groups is 2. The third-order valence-electron chi connectivity index (χ3n) is 4.19. The molecule has 1 atom stereocenters. The molecule has 3 N–H and O–H groups in total. The molecule has 1 saturated heterocycles. The van der Waals surface area contributed by atoms with Crippen LogP contribution < -0.4 is 11.1 Å². The molecule has 0 aliphatic carbocycles. The summed E-state index contributed by atoms with van der Waals surface area (Å²) in [6, 6.07) is 6.81. The van der Waals surface area contributed by atoms with E-state index in [0.29, 0.717) is 17.8 Å². The molecule has 8 nitrogen and oxygen atoms in total. The average molecular weight is 358 g/mol. The van der Waals surface area contributed by atoms with Gasteiger partial charge in [0, 0.05) is 18.7 Å². The van der Waals surface area contributed by atoms with Crippen LogP contribution in [0.15, 0.2) is 30.5 Å². The second-order valence-corrected chi connectivity index (χ2v) is 5.97. The van der Waals surface area contributed by atoms with E-state index in [1.807, 2.05) is 0 Å². The third kappa shape index (κ3) is 3.85. The minimum Gasteiger partial charge on any atom is -0.462 e. The van der Waals surface area contributed by atoms with Crippen molar-refractivity contribution < 1.29 is 19.1 Å². The number of ether oxygens (including phenoxy) is 2. The van der Waals surface area contributed by atoms with E-state index in [0.717, 1.165) is 19.4 Å². The molecule has 1 aromatic carbocycles. The van der Waals surface area contributed by atoms with Gasteiger partial charge in [-0.2, -0.15) is 5.10 Å². The number of hydrogen-bond acceptors (Lipinski definition) is 6. The molecule has 0 radical (unpaired) electrons. The summed E-state index contributed by atoms with van der Waals surface area (Å²) in [6.07, 6.45) is 3.48. The highest BCUT2D eigenvalue weighted by Crippen LogP contribution is 2.18. The van der Waals surface area contributed by atoms with Crippen molar-refractivity contribution in [1.82, 2.24) is 15.1 Å². The number of nitrogens with one attached hydrogen (secondary N) is 1. The lowest BCUT2D eigenvalue weighted by molar-refractivity contribution is 0.0527. The van der Waals surface area contributed by atoms with Crippen molar-refractivity contribution in [3.05, 3.63) is 41.6 Å². The Balaban J connectivity index is 1.67. The van der Waals surface area contributed by atoms with Gasteiger partial charge in [-0.25, -0.2) is 9.48 Å². The molecule has 1 fully saturated rings. The van der Waals surface area contributed by atoms with Crippen molar-refractivity contribution >= 4 is 17.7 Å². The van der Waals surface area contributed by atoms with Crippen molar-refractivity contribution in [1.29, 1.82) is 0 Å². The summed E-state index contributed by atoms with van der Waals surface area (Å²) < 4.78 is 11.9. The van der Waals surface area contributed by atoms with Gasteiger partial charge < -0.3 is 20.5 Å². The summed E-state index contributed by atoms with van der Waals surface area (Å²) in [5.74, 6) is -0.479. The van der Waals surface area contributed by atoms with Crippen LogP contribution in [0.1, 0.15) is 40.5 Å². The van der Waals surface area contributed by atoms with Crippen LogP contribution in [0.25, 0.3) is 5.69 Å². The Labute approximate surface area is 151 Å². The predicted molar refractivity (Wildman–Crippen MR) is 95.2 cm³/mol. The Bertz CT molecular complexity index is 779. The summed E-state index contributed by atoms with van der Waals surface area (Å²) in [7, 11) is 0. The molecule has 0 spiro atoms. The fourth-order valence-electron chi connectivity index (χ4n) is 2.80. The summed E-state index contributed by atoms with van der Waals surface area (Å²) in [5.41, 5.74) is 7.38. The van der Waals surface area contributed by atoms with Gasteiger partial charge >= 0.3 is 5.97 Å². The fourth-order valence-corrected chi connectivity index (χ4v) is 2.80. The van der Waals surface area contributed by atoms with E-state index in [2.05, 4.69) is 10.4 Å². The smallest absolute Gasteiger partial charge is 0.343 e. The summed E-state index contributed by atoms with van der Waals surface area (Å²) in [6.45, 7) is 3.25. The molecule has 138 valence electrons. The van der Waals surface area contributed by atoms with Gasteiger partial charge in [0.05, 0.1) is 24.6 Å². The zero-order valence-electron chi connectivity index (χ0n) is 14.6. The van der Waals surface area contributed by atoms with Crippen molar-refractivity contribution in [3.8, 4) is 5.69 Å². The second-order valence-electron chi connectivity index (χ2n) is 5.97. The maximum absolute atomic E-state index is 12.2. The molecular formula is C18H22N4O4. The molecule has 0 saturated carbocycles. The highest BCUT2D eigenvalue weighted by atomic mass is 16.5. The number of rotatable bonds is 6. The minimum absolute atomic E-state index is 0.100. The molecule has 26 heavy (non-hydrogen) atoms. The van der Waals surface area contributed by atoms with Gasteiger partial charge in [0.2, 0.25) is 0 Å². The van der Waals surface area contributed by atoms with Crippen molar-refractivity contribution in [3.63, 3.8) is 0 Å². The van der Waals surface area contributed by atoms with Crippen LogP contribution in [0.2, 0.25) is 0 Å². The molecule has 2 heterocycles. The standard InChI is InChI=1S/C18H22N4O4/c1-2-25-18(24)15-11-21-22(16(15)19)13-7-5-12(6-8-13)17(23)20-10-14-4-3-9-26-14/h5-8,11,14H,2-4,9-10,19H2,1H3,(H,20,23). The molecule has 2 aromatic rings. The number of nitrogens with zero attached hydrogens (tertiary/aromatic N) is 2. The van der Waals surface area contributed by atoms with Gasteiger partial charge in [-0.3, -0.25) is 4.79 Å². The van der Waals surface area contributed by atoms with E-state index < -0.39 is 5.97 Å². The average Bonchev–Trinajstić information content (AvgIpc) is 3.29. The molecule has 3 rings (SSSR count). The number of hydrogen-bond donors (Lipinski definition) is 2. The van der Waals surface area contributed by atoms with Gasteiger partial charge in [-0.1, -0.05) is 0 Å². The Morgan fingerprint density at radius 1 is 1.38 bits per heavy atom. The van der Waals surface area contributed by atoms with Crippen molar-refractivity contribution in [2.75, 3.05) is 25.5 Å². The van der Waals surface area contributed by atoms with E-state index in [4.69, 9.17) is 15.2 Å². The Hall–Kier alpha value is -2.87. The fraction of sp³-hybridized carbons (Fsp3) is 0.389. The number of nitrogen functional groups attached to an aromatic ring is 1. The van der Waals surface area contributed by atoms with Crippen LogP contribution in [0.5, 0.6) is 0 Å². The number of esters is 1.